The number of fused-ring (bicyclic) bond motifs is 1. The largest absolute Gasteiger partial charge is 0.297 e. The number of piperazine rings is 1. The fourth-order valence-electron chi connectivity index (χ4n) is 4.39. The maximum atomic E-state index is 6.85. The summed E-state index contributed by atoms with van der Waals surface area (Å²) in [5, 5.41) is 3.80. The van der Waals surface area contributed by atoms with Crippen LogP contribution < -0.4 is 0 Å². The summed E-state index contributed by atoms with van der Waals surface area (Å²) >= 11 is 14.6. The maximum Gasteiger partial charge on any atom is 0.0805 e. The van der Waals surface area contributed by atoms with Crippen molar-refractivity contribution in [3.05, 3.63) is 81.3 Å². The van der Waals surface area contributed by atoms with Crippen LogP contribution in [0.25, 0.3) is 15.6 Å². The lowest BCUT2D eigenvalue weighted by atomic mass is 9.95. The molecule has 2 aromatic heterocycles. The van der Waals surface area contributed by atoms with Gasteiger partial charge in [0.2, 0.25) is 0 Å². The molecule has 0 amide bonds. The van der Waals surface area contributed by atoms with Crippen molar-refractivity contribution < 1.29 is 0 Å². The summed E-state index contributed by atoms with van der Waals surface area (Å²) in [6.45, 7) is 6.25. The van der Waals surface area contributed by atoms with Gasteiger partial charge < -0.3 is 0 Å². The van der Waals surface area contributed by atoms with Gasteiger partial charge in [0.15, 0.2) is 0 Å². The molecule has 3 aromatic rings. The Morgan fingerprint density at radius 1 is 0.839 bits per heavy atom. The fourth-order valence-corrected chi connectivity index (χ4v) is 5.54. The average Bonchev–Trinajstić information content (AvgIpc) is 3.33. The molecule has 31 heavy (non-hydrogen) atoms. The second-order valence-electron chi connectivity index (χ2n) is 8.26. The Bertz CT molecular complexity index is 1070. The molecule has 1 aromatic carbocycles. The van der Waals surface area contributed by atoms with E-state index in [0.29, 0.717) is 0 Å². The molecular formula is C25H25Cl2N3S. The number of nitrogens with zero attached hydrogens (tertiary/aromatic N) is 3. The van der Waals surface area contributed by atoms with Crippen LogP contribution in [0, 0.1) is 0 Å². The van der Waals surface area contributed by atoms with E-state index in [0.717, 1.165) is 79.1 Å². The van der Waals surface area contributed by atoms with Crippen LogP contribution in [-0.4, -0.2) is 47.5 Å². The summed E-state index contributed by atoms with van der Waals surface area (Å²) in [7, 11) is 0. The van der Waals surface area contributed by atoms with Gasteiger partial charge in [-0.3, -0.25) is 14.8 Å². The third-order valence-electron chi connectivity index (χ3n) is 6.16. The molecule has 1 saturated heterocycles. The zero-order valence-corrected chi connectivity index (χ0v) is 19.7. The van der Waals surface area contributed by atoms with Crippen LogP contribution in [0.15, 0.2) is 59.5 Å². The smallest absolute Gasteiger partial charge is 0.0805 e. The molecule has 0 bridgehead atoms. The van der Waals surface area contributed by atoms with E-state index in [9.17, 15) is 0 Å². The lowest BCUT2D eigenvalue weighted by molar-refractivity contribution is 0.134. The Morgan fingerprint density at radius 3 is 2.29 bits per heavy atom. The van der Waals surface area contributed by atoms with Gasteiger partial charge in [0.25, 0.3) is 0 Å². The van der Waals surface area contributed by atoms with E-state index in [1.54, 1.807) is 11.3 Å². The van der Waals surface area contributed by atoms with E-state index >= 15 is 0 Å². The highest BCUT2D eigenvalue weighted by atomic mass is 35.5. The third-order valence-corrected chi connectivity index (χ3v) is 7.77. The van der Waals surface area contributed by atoms with E-state index in [-0.39, 0.29) is 0 Å². The van der Waals surface area contributed by atoms with Gasteiger partial charge >= 0.3 is 0 Å². The Morgan fingerprint density at radius 2 is 1.58 bits per heavy atom. The molecule has 0 spiro atoms. The zero-order valence-electron chi connectivity index (χ0n) is 17.4. The van der Waals surface area contributed by atoms with Crippen molar-refractivity contribution in [2.45, 2.75) is 19.4 Å². The number of hydrogen-bond donors (Lipinski definition) is 0. The van der Waals surface area contributed by atoms with E-state index in [1.165, 1.54) is 16.0 Å². The van der Waals surface area contributed by atoms with Crippen LogP contribution in [0.1, 0.15) is 23.2 Å². The van der Waals surface area contributed by atoms with Crippen molar-refractivity contribution in [2.24, 2.45) is 0 Å². The van der Waals surface area contributed by atoms with E-state index in [2.05, 4.69) is 51.6 Å². The van der Waals surface area contributed by atoms with Crippen LogP contribution in [0.2, 0.25) is 5.02 Å². The van der Waals surface area contributed by atoms with Crippen molar-refractivity contribution in [3.63, 3.8) is 0 Å². The molecule has 3 heterocycles. The maximum absolute atomic E-state index is 6.85. The fraction of sp³-hybridized carbons (Fsp3) is 0.320. The first-order valence-electron chi connectivity index (χ1n) is 10.8. The molecule has 1 aliphatic carbocycles. The summed E-state index contributed by atoms with van der Waals surface area (Å²) in [4.78, 5) is 11.2. The number of pyridine rings is 1. The van der Waals surface area contributed by atoms with Crippen molar-refractivity contribution in [3.8, 4) is 10.6 Å². The third kappa shape index (κ3) is 4.89. The number of thiophene rings is 1. The van der Waals surface area contributed by atoms with E-state index in [1.807, 2.05) is 12.1 Å². The number of halogens is 2. The zero-order chi connectivity index (χ0) is 21.2. The number of aromatic nitrogens is 1. The van der Waals surface area contributed by atoms with Gasteiger partial charge in [0.1, 0.15) is 0 Å². The monoisotopic (exact) mass is 469 g/mol. The second-order valence-corrected chi connectivity index (χ2v) is 10.0. The van der Waals surface area contributed by atoms with Crippen LogP contribution >= 0.6 is 34.5 Å². The summed E-state index contributed by atoms with van der Waals surface area (Å²) in [5.74, 6) is 0. The molecular weight excluding hydrogens is 445 g/mol. The number of aryl methyl sites for hydroxylation is 1. The molecule has 3 nitrogen and oxygen atoms in total. The van der Waals surface area contributed by atoms with Crippen molar-refractivity contribution in [1.82, 2.24) is 14.8 Å². The topological polar surface area (TPSA) is 19.4 Å². The highest BCUT2D eigenvalue weighted by molar-refractivity contribution is 7.13. The van der Waals surface area contributed by atoms with Gasteiger partial charge in [-0.05, 0) is 59.7 Å². The quantitative estimate of drug-likeness (QED) is 0.444. The summed E-state index contributed by atoms with van der Waals surface area (Å²) in [6, 6.07) is 16.6. The molecule has 2 aliphatic rings. The molecule has 0 saturated carbocycles. The summed E-state index contributed by atoms with van der Waals surface area (Å²) in [6.07, 6.45) is 1.97. The molecule has 6 heteroatoms. The van der Waals surface area contributed by atoms with E-state index in [4.69, 9.17) is 28.2 Å². The lowest BCUT2D eigenvalue weighted by Crippen LogP contribution is -2.46. The van der Waals surface area contributed by atoms with Gasteiger partial charge in [0, 0.05) is 49.9 Å². The molecule has 160 valence electrons. The Balaban J connectivity index is 1.21. The minimum Gasteiger partial charge on any atom is -0.297 e. The molecule has 0 unspecified atom stereocenters. The Kier molecular flexibility index (Phi) is 6.44. The van der Waals surface area contributed by atoms with Gasteiger partial charge in [-0.1, -0.05) is 41.4 Å². The first kappa shape index (κ1) is 21.2. The highest BCUT2D eigenvalue weighted by Crippen LogP contribution is 2.35. The standard InChI is InChI=1S/C25H25Cl2N3S/c26-20-6-3-18(4-7-20)16-29-11-13-30(14-12-29)17-19-5-9-22-21(25(19)27)8-10-23(28-22)24-2-1-15-31-24/h1-4,6-8,10,15H,5,9,11-14,16-17H2. The average molecular weight is 470 g/mol. The van der Waals surface area contributed by atoms with Crippen LogP contribution in [0.4, 0.5) is 0 Å². The van der Waals surface area contributed by atoms with Gasteiger partial charge in [-0.15, -0.1) is 11.3 Å². The second kappa shape index (κ2) is 9.43. The molecule has 0 atom stereocenters. The minimum atomic E-state index is 0.797. The highest BCUT2D eigenvalue weighted by Gasteiger charge is 2.23. The molecule has 1 aliphatic heterocycles. The van der Waals surface area contributed by atoms with Crippen molar-refractivity contribution in [2.75, 3.05) is 32.7 Å². The van der Waals surface area contributed by atoms with Gasteiger partial charge in [-0.2, -0.15) is 0 Å². The first-order valence-corrected chi connectivity index (χ1v) is 12.4. The molecule has 5 rings (SSSR count). The predicted octanol–water partition coefficient (Wildman–Crippen LogP) is 6.18. The molecule has 0 radical (unpaired) electrons. The number of hydrogen-bond acceptors (Lipinski definition) is 4. The van der Waals surface area contributed by atoms with Crippen LogP contribution in [0.3, 0.4) is 0 Å². The van der Waals surface area contributed by atoms with Crippen molar-refractivity contribution in [1.29, 1.82) is 0 Å². The van der Waals surface area contributed by atoms with Crippen LogP contribution in [-0.2, 0) is 13.0 Å². The van der Waals surface area contributed by atoms with Gasteiger partial charge in [-0.25, -0.2) is 0 Å². The first-order chi connectivity index (χ1) is 15.2. The lowest BCUT2D eigenvalue weighted by Gasteiger charge is -2.36. The SMILES string of the molecule is ClC1=C(CN2CCN(Cc3ccc(Cl)cc3)CC2)CCc2nc(-c3cccs3)ccc21. The summed E-state index contributed by atoms with van der Waals surface area (Å²) < 4.78 is 0. The normalized spacial score (nSPS) is 17.7. The van der Waals surface area contributed by atoms with Gasteiger partial charge in [0.05, 0.1) is 21.3 Å². The molecule has 1 fully saturated rings. The number of rotatable bonds is 5. The predicted molar refractivity (Wildman–Crippen MR) is 132 cm³/mol. The van der Waals surface area contributed by atoms with Crippen molar-refractivity contribution >= 4 is 39.6 Å². The molecule has 0 N–H and O–H groups in total. The minimum absolute atomic E-state index is 0.797. The van der Waals surface area contributed by atoms with Crippen LogP contribution in [0.5, 0.6) is 0 Å². The van der Waals surface area contributed by atoms with E-state index < -0.39 is 0 Å². The Labute approximate surface area is 197 Å². The Hall–Kier alpha value is -1.69. The summed E-state index contributed by atoms with van der Waals surface area (Å²) in [5.41, 5.74) is 5.98. The number of benzene rings is 1.